The van der Waals surface area contributed by atoms with E-state index in [4.69, 9.17) is 5.11 Å². The number of aliphatic hydroxyl groups is 3. The van der Waals surface area contributed by atoms with Crippen molar-refractivity contribution in [1.29, 1.82) is 0 Å². The quantitative estimate of drug-likeness (QED) is 0.125. The monoisotopic (exact) mass is 529 g/mol. The number of aliphatic hydroxyl groups excluding tert-OH is 3. The standard InChI is InChI=1S/C25H35N7O4S/c1-2-14-37-25-28-22(26-11-7-6-10-16-8-4-3-5-9-16)19-23(29-25)32(31-30-19)18-15-17(20(34)21(18)35)24(36)27-12-13-33/h3-5,8-9,17-18,20-21,33-35H,2,6-7,10-15H2,1H3,(H,27,36)(H,26,28,29)/t17-,18+,20+,21-/m0/s1. The second kappa shape index (κ2) is 13.1. The molecule has 1 aliphatic rings. The molecular weight excluding hydrogens is 494 g/mol. The number of amides is 1. The molecule has 11 nitrogen and oxygen atoms in total. The Morgan fingerprint density at radius 1 is 1.14 bits per heavy atom. The van der Waals surface area contributed by atoms with Crippen LogP contribution in [0.2, 0.25) is 0 Å². The van der Waals surface area contributed by atoms with Crippen molar-refractivity contribution in [3.05, 3.63) is 35.9 Å². The molecule has 0 saturated heterocycles. The zero-order chi connectivity index (χ0) is 26.2. The van der Waals surface area contributed by atoms with Gasteiger partial charge in [0.15, 0.2) is 22.1 Å². The fourth-order valence-electron chi connectivity index (χ4n) is 4.54. The van der Waals surface area contributed by atoms with E-state index in [0.29, 0.717) is 28.7 Å². The highest BCUT2D eigenvalue weighted by Crippen LogP contribution is 2.37. The van der Waals surface area contributed by atoms with Gasteiger partial charge < -0.3 is 26.0 Å². The van der Waals surface area contributed by atoms with Crippen molar-refractivity contribution in [1.82, 2.24) is 30.3 Å². The largest absolute Gasteiger partial charge is 0.395 e. The average Bonchev–Trinajstić information content (AvgIpc) is 3.47. The summed E-state index contributed by atoms with van der Waals surface area (Å²) in [4.78, 5) is 21.8. The van der Waals surface area contributed by atoms with Crippen molar-refractivity contribution in [2.75, 3.05) is 30.8 Å². The lowest BCUT2D eigenvalue weighted by atomic mass is 10.0. The van der Waals surface area contributed by atoms with Gasteiger partial charge in [0.1, 0.15) is 6.10 Å². The summed E-state index contributed by atoms with van der Waals surface area (Å²) in [6.07, 6.45) is 1.63. The predicted molar refractivity (Wildman–Crippen MR) is 141 cm³/mol. The van der Waals surface area contributed by atoms with E-state index < -0.39 is 30.1 Å². The van der Waals surface area contributed by atoms with Gasteiger partial charge in [-0.15, -0.1) is 5.10 Å². The van der Waals surface area contributed by atoms with Gasteiger partial charge in [0, 0.05) is 18.8 Å². The average molecular weight is 530 g/mol. The molecule has 3 aromatic rings. The molecule has 2 heterocycles. The number of aromatic nitrogens is 5. The summed E-state index contributed by atoms with van der Waals surface area (Å²) < 4.78 is 1.50. The van der Waals surface area contributed by atoms with Crippen molar-refractivity contribution in [3.8, 4) is 0 Å². The van der Waals surface area contributed by atoms with E-state index in [-0.39, 0.29) is 19.6 Å². The van der Waals surface area contributed by atoms with Crippen molar-refractivity contribution in [2.45, 2.75) is 62.4 Å². The molecule has 0 bridgehead atoms. The molecule has 0 unspecified atom stereocenters. The molecule has 5 N–H and O–H groups in total. The molecule has 12 heteroatoms. The fourth-order valence-corrected chi connectivity index (χ4v) is 5.24. The van der Waals surface area contributed by atoms with Crippen LogP contribution in [0.25, 0.3) is 11.2 Å². The Kier molecular flexibility index (Phi) is 9.67. The maximum absolute atomic E-state index is 12.4. The molecule has 2 aromatic heterocycles. The molecule has 4 atom stereocenters. The Labute approximate surface area is 220 Å². The zero-order valence-electron chi connectivity index (χ0n) is 21.0. The number of anilines is 1. The summed E-state index contributed by atoms with van der Waals surface area (Å²) in [5.74, 6) is 0.185. The number of carbonyl (C=O) groups excluding carboxylic acids is 1. The zero-order valence-corrected chi connectivity index (χ0v) is 21.8. The maximum Gasteiger partial charge on any atom is 0.225 e. The lowest BCUT2D eigenvalue weighted by molar-refractivity contribution is -0.129. The van der Waals surface area contributed by atoms with Crippen LogP contribution in [-0.2, 0) is 11.2 Å². The van der Waals surface area contributed by atoms with Crippen molar-refractivity contribution in [3.63, 3.8) is 0 Å². The minimum atomic E-state index is -1.26. The molecule has 1 aliphatic carbocycles. The number of rotatable bonds is 13. The normalized spacial score (nSPS) is 21.4. The fraction of sp³-hybridized carbons (Fsp3) is 0.560. The molecule has 1 fully saturated rings. The summed E-state index contributed by atoms with van der Waals surface area (Å²) in [6.45, 7) is 2.68. The second-order valence-electron chi connectivity index (χ2n) is 9.18. The second-order valence-corrected chi connectivity index (χ2v) is 10.2. The molecule has 0 aliphatic heterocycles. The van der Waals surface area contributed by atoms with Gasteiger partial charge in [-0.3, -0.25) is 4.79 Å². The number of carbonyl (C=O) groups is 1. The Bertz CT molecular complexity index is 1160. The van der Waals surface area contributed by atoms with Gasteiger partial charge in [-0.05, 0) is 37.7 Å². The summed E-state index contributed by atoms with van der Waals surface area (Å²) in [7, 11) is 0. The van der Waals surface area contributed by atoms with Gasteiger partial charge in [-0.25, -0.2) is 14.6 Å². The minimum absolute atomic E-state index is 0.0840. The first kappa shape index (κ1) is 27.2. The van der Waals surface area contributed by atoms with Crippen LogP contribution in [0.15, 0.2) is 35.5 Å². The van der Waals surface area contributed by atoms with Gasteiger partial charge in [0.25, 0.3) is 0 Å². The highest BCUT2D eigenvalue weighted by Gasteiger charge is 2.47. The number of fused-ring (bicyclic) bond motifs is 1. The Morgan fingerprint density at radius 3 is 2.70 bits per heavy atom. The van der Waals surface area contributed by atoms with Gasteiger partial charge in [0.2, 0.25) is 5.91 Å². The van der Waals surface area contributed by atoms with Crippen LogP contribution in [0.1, 0.15) is 44.2 Å². The first-order valence-corrected chi connectivity index (χ1v) is 13.8. The molecule has 200 valence electrons. The van der Waals surface area contributed by atoms with Crippen LogP contribution >= 0.6 is 11.8 Å². The molecule has 4 rings (SSSR count). The number of hydrogen-bond donors (Lipinski definition) is 5. The number of thioether (sulfide) groups is 1. The van der Waals surface area contributed by atoms with Gasteiger partial charge in [0.05, 0.1) is 24.7 Å². The SMILES string of the molecule is CCCSc1nc(NCCCCc2ccccc2)c2nnn([C@@H]3C[C@H](C(=O)NCCO)[C@@H](O)[C@H]3O)c2n1. The smallest absolute Gasteiger partial charge is 0.225 e. The molecule has 1 aromatic carbocycles. The van der Waals surface area contributed by atoms with Crippen LogP contribution in [-0.4, -0.2) is 83.8 Å². The van der Waals surface area contributed by atoms with E-state index in [0.717, 1.165) is 31.4 Å². The first-order chi connectivity index (χ1) is 18.0. The molecule has 1 saturated carbocycles. The van der Waals surface area contributed by atoms with Gasteiger partial charge in [-0.2, -0.15) is 0 Å². The van der Waals surface area contributed by atoms with Gasteiger partial charge >= 0.3 is 0 Å². The highest BCUT2D eigenvalue weighted by atomic mass is 32.2. The number of hydrogen-bond acceptors (Lipinski definition) is 10. The minimum Gasteiger partial charge on any atom is -0.395 e. The van der Waals surface area contributed by atoms with Crippen LogP contribution < -0.4 is 10.6 Å². The van der Waals surface area contributed by atoms with Crippen molar-refractivity contribution in [2.24, 2.45) is 5.92 Å². The lowest BCUT2D eigenvalue weighted by Gasteiger charge is -2.17. The third kappa shape index (κ3) is 6.56. The maximum atomic E-state index is 12.4. The van der Waals surface area contributed by atoms with E-state index in [9.17, 15) is 15.0 Å². The topological polar surface area (TPSA) is 158 Å². The van der Waals surface area contributed by atoms with E-state index >= 15 is 0 Å². The third-order valence-electron chi connectivity index (χ3n) is 6.48. The first-order valence-electron chi connectivity index (χ1n) is 12.8. The molecule has 37 heavy (non-hydrogen) atoms. The molecule has 0 radical (unpaired) electrons. The summed E-state index contributed by atoms with van der Waals surface area (Å²) in [6, 6.07) is 9.70. The summed E-state index contributed by atoms with van der Waals surface area (Å²) in [5, 5.41) is 45.4. The molecular formula is C25H35N7O4S. The van der Waals surface area contributed by atoms with Crippen LogP contribution in [0.5, 0.6) is 0 Å². The number of nitrogens with one attached hydrogen (secondary N) is 2. The highest BCUT2D eigenvalue weighted by molar-refractivity contribution is 7.99. The number of unbranched alkanes of at least 4 members (excludes halogenated alkanes) is 1. The molecule has 1 amide bonds. The van der Waals surface area contributed by atoms with E-state index in [2.05, 4.69) is 50.0 Å². The van der Waals surface area contributed by atoms with Crippen molar-refractivity contribution < 1.29 is 20.1 Å². The van der Waals surface area contributed by atoms with E-state index in [1.54, 1.807) is 0 Å². The lowest BCUT2D eigenvalue weighted by Crippen LogP contribution is -2.39. The van der Waals surface area contributed by atoms with E-state index in [1.165, 1.54) is 22.0 Å². The van der Waals surface area contributed by atoms with Crippen LogP contribution in [0.4, 0.5) is 5.82 Å². The summed E-state index contributed by atoms with van der Waals surface area (Å²) >= 11 is 1.53. The van der Waals surface area contributed by atoms with E-state index in [1.807, 2.05) is 18.2 Å². The molecule has 0 spiro atoms. The number of aryl methyl sites for hydroxylation is 1. The Balaban J connectivity index is 1.51. The van der Waals surface area contributed by atoms with Gasteiger partial charge in [-0.1, -0.05) is 54.2 Å². The predicted octanol–water partition coefficient (Wildman–Crippen LogP) is 1.55. The van der Waals surface area contributed by atoms with Crippen molar-refractivity contribution >= 4 is 34.7 Å². The third-order valence-corrected chi connectivity index (χ3v) is 7.53. The van der Waals surface area contributed by atoms with Crippen LogP contribution in [0.3, 0.4) is 0 Å². The Morgan fingerprint density at radius 2 is 1.95 bits per heavy atom. The Hall–Kier alpha value is -2.80. The summed E-state index contributed by atoms with van der Waals surface area (Å²) in [5.41, 5.74) is 2.25. The number of benzene rings is 1. The van der Waals surface area contributed by atoms with Crippen LogP contribution in [0, 0.1) is 5.92 Å². The number of nitrogens with zero attached hydrogens (tertiary/aromatic N) is 5.